The number of H-pyrrole nitrogens is 1. The number of nitrogens with one attached hydrogen (secondary N) is 2. The van der Waals surface area contributed by atoms with Crippen LogP contribution < -0.4 is 17.1 Å². The lowest BCUT2D eigenvalue weighted by Gasteiger charge is -2.36. The van der Waals surface area contributed by atoms with Crippen LogP contribution in [0.3, 0.4) is 0 Å². The number of rotatable bonds is 4. The summed E-state index contributed by atoms with van der Waals surface area (Å²) in [5, 5.41) is 6.20. The van der Waals surface area contributed by atoms with Crippen molar-refractivity contribution < 1.29 is 0 Å². The van der Waals surface area contributed by atoms with Crippen LogP contribution in [0.5, 0.6) is 0 Å². The van der Waals surface area contributed by atoms with Gasteiger partial charge in [-0.15, -0.1) is 0 Å². The van der Waals surface area contributed by atoms with E-state index in [2.05, 4.69) is 56.8 Å². The molecule has 0 fully saturated rings. The first kappa shape index (κ1) is 21.8. The Hall–Kier alpha value is -3.03. The summed E-state index contributed by atoms with van der Waals surface area (Å²) < 4.78 is 0. The van der Waals surface area contributed by atoms with Crippen LogP contribution in [0.4, 0.5) is 0 Å². The molecule has 6 N–H and O–H groups in total. The van der Waals surface area contributed by atoms with Crippen LogP contribution >= 0.6 is 23.2 Å². The van der Waals surface area contributed by atoms with Crippen LogP contribution in [-0.4, -0.2) is 22.3 Å². The van der Waals surface area contributed by atoms with Gasteiger partial charge >= 0.3 is 0 Å². The van der Waals surface area contributed by atoms with Crippen molar-refractivity contribution in [2.75, 3.05) is 6.54 Å². The lowest BCUT2D eigenvalue weighted by Crippen LogP contribution is -2.36. The number of hydrogen-bond donors (Lipinski definition) is 4. The first-order valence-corrected chi connectivity index (χ1v) is 11.5. The molecule has 1 aliphatic heterocycles. The minimum Gasteiger partial charge on any atom is -0.357 e. The molecule has 1 atom stereocenters. The van der Waals surface area contributed by atoms with Crippen molar-refractivity contribution in [3.05, 3.63) is 105 Å². The predicted octanol–water partition coefficient (Wildman–Crippen LogP) is 4.71. The predicted molar refractivity (Wildman–Crippen MR) is 135 cm³/mol. The van der Waals surface area contributed by atoms with Gasteiger partial charge in [-0.1, -0.05) is 71.7 Å². The van der Waals surface area contributed by atoms with Gasteiger partial charge in [0, 0.05) is 35.2 Å². The highest BCUT2D eigenvalue weighted by molar-refractivity contribution is 6.42. The average molecular weight is 479 g/mol. The van der Waals surface area contributed by atoms with E-state index in [9.17, 15) is 0 Å². The quantitative estimate of drug-likeness (QED) is 0.148. The van der Waals surface area contributed by atoms with Crippen molar-refractivity contribution in [3.63, 3.8) is 0 Å². The molecule has 0 aliphatic carbocycles. The smallest absolute Gasteiger partial charge is 0.166 e. The number of hydrogen-bond acceptors (Lipinski definition) is 4. The molecule has 33 heavy (non-hydrogen) atoms. The van der Waals surface area contributed by atoms with Crippen molar-refractivity contribution in [3.8, 4) is 0 Å². The fraction of sp³-hybridized carbons (Fsp3) is 0.160. The second-order valence-corrected chi connectivity index (χ2v) is 8.93. The minimum atomic E-state index is -0.0204. The first-order chi connectivity index (χ1) is 16.1. The summed E-state index contributed by atoms with van der Waals surface area (Å²) in [6, 6.07) is 22.3. The molecule has 0 amide bonds. The zero-order valence-corrected chi connectivity index (χ0v) is 19.4. The summed E-state index contributed by atoms with van der Waals surface area (Å²) in [6.45, 7) is 1.54. The largest absolute Gasteiger partial charge is 0.357 e. The van der Waals surface area contributed by atoms with Crippen LogP contribution in [0.1, 0.15) is 34.0 Å². The number of hydrazine groups is 1. The molecule has 3 aromatic carbocycles. The van der Waals surface area contributed by atoms with Crippen LogP contribution in [0.2, 0.25) is 10.0 Å². The van der Waals surface area contributed by atoms with Crippen LogP contribution in [-0.2, 0) is 13.0 Å². The molecule has 1 aliphatic rings. The average Bonchev–Trinajstić information content (AvgIpc) is 3.21. The molecule has 1 aromatic heterocycles. The van der Waals surface area contributed by atoms with Gasteiger partial charge in [-0.2, -0.15) is 5.10 Å². The van der Waals surface area contributed by atoms with Gasteiger partial charge in [-0.3, -0.25) is 4.90 Å². The van der Waals surface area contributed by atoms with Crippen molar-refractivity contribution in [1.82, 2.24) is 15.3 Å². The summed E-state index contributed by atoms with van der Waals surface area (Å²) in [5.74, 6) is 11.6. The summed E-state index contributed by atoms with van der Waals surface area (Å²) in [5.41, 5.74) is 9.17. The molecule has 5 rings (SSSR count). The van der Waals surface area contributed by atoms with E-state index in [1.165, 1.54) is 16.6 Å². The van der Waals surface area contributed by atoms with E-state index < -0.39 is 0 Å². The number of benzene rings is 3. The van der Waals surface area contributed by atoms with Gasteiger partial charge in [0.15, 0.2) is 5.84 Å². The van der Waals surface area contributed by atoms with Crippen LogP contribution in [0.15, 0.2) is 71.8 Å². The normalized spacial score (nSPS) is 16.7. The second-order valence-electron chi connectivity index (χ2n) is 8.15. The fourth-order valence-corrected chi connectivity index (χ4v) is 5.16. The lowest BCUT2D eigenvalue weighted by molar-refractivity contribution is 0.202. The summed E-state index contributed by atoms with van der Waals surface area (Å²) in [6.07, 6.45) is 0.938. The maximum absolute atomic E-state index is 6.56. The maximum atomic E-state index is 6.56. The van der Waals surface area contributed by atoms with Gasteiger partial charge in [0.05, 0.1) is 16.1 Å². The fourth-order valence-electron chi connectivity index (χ4n) is 4.78. The molecule has 0 spiro atoms. The van der Waals surface area contributed by atoms with Crippen molar-refractivity contribution >= 4 is 39.9 Å². The highest BCUT2D eigenvalue weighted by atomic mass is 35.5. The Bertz CT molecular complexity index is 1350. The standard InChI is InChI=1S/C25H24Cl2N6/c26-20-9-4-7-17(22(20)27)14-33-12-11-19-18-8-1-2-10-21(18)30-23(19)24(33)15-5-3-6-16(13-15)25(31-28)32-29/h1-10,13,24,30H,11-12,14,28-29H2,(H,31,32). The van der Waals surface area contributed by atoms with E-state index in [1.807, 2.05) is 30.3 Å². The molecular formula is C25H24Cl2N6. The Morgan fingerprint density at radius 1 is 1.09 bits per heavy atom. The van der Waals surface area contributed by atoms with E-state index in [4.69, 9.17) is 34.9 Å². The van der Waals surface area contributed by atoms with Gasteiger partial charge in [0.2, 0.25) is 0 Å². The molecule has 0 saturated heterocycles. The number of nitrogens with zero attached hydrogens (tertiary/aromatic N) is 2. The van der Waals surface area contributed by atoms with Gasteiger partial charge < -0.3 is 16.3 Å². The van der Waals surface area contributed by atoms with Gasteiger partial charge in [-0.05, 0) is 41.3 Å². The molecule has 168 valence electrons. The number of nitrogens with two attached hydrogens (primary N) is 2. The maximum Gasteiger partial charge on any atom is 0.166 e. The van der Waals surface area contributed by atoms with Crippen LogP contribution in [0, 0.1) is 0 Å². The molecule has 0 radical (unpaired) electrons. The number of amidine groups is 1. The van der Waals surface area contributed by atoms with E-state index >= 15 is 0 Å². The molecule has 6 nitrogen and oxygen atoms in total. The zero-order valence-electron chi connectivity index (χ0n) is 17.9. The van der Waals surface area contributed by atoms with E-state index in [-0.39, 0.29) is 6.04 Å². The topological polar surface area (TPSA) is 95.5 Å². The molecule has 2 heterocycles. The van der Waals surface area contributed by atoms with Crippen molar-refractivity contribution in [2.24, 2.45) is 16.8 Å². The first-order valence-electron chi connectivity index (χ1n) is 10.7. The highest BCUT2D eigenvalue weighted by Gasteiger charge is 2.32. The SMILES string of the molecule is NN=C(NN)c1cccc(C2c3[nH]c4ccccc4c3CCN2Cc2cccc(Cl)c2Cl)c1. The molecule has 0 saturated carbocycles. The molecule has 4 aromatic rings. The number of para-hydroxylation sites is 1. The Kier molecular flexibility index (Phi) is 6.00. The Balaban J connectivity index is 1.64. The Morgan fingerprint density at radius 3 is 2.73 bits per heavy atom. The number of aromatic nitrogens is 1. The van der Waals surface area contributed by atoms with E-state index in [0.717, 1.165) is 35.2 Å². The van der Waals surface area contributed by atoms with E-state index in [1.54, 1.807) is 0 Å². The molecule has 1 unspecified atom stereocenters. The third-order valence-electron chi connectivity index (χ3n) is 6.28. The molecule has 8 heteroatoms. The highest BCUT2D eigenvalue weighted by Crippen LogP contribution is 2.40. The summed E-state index contributed by atoms with van der Waals surface area (Å²) in [7, 11) is 0. The van der Waals surface area contributed by atoms with Crippen molar-refractivity contribution in [2.45, 2.75) is 19.0 Å². The third kappa shape index (κ3) is 3.96. The number of aromatic amines is 1. The second kappa shape index (κ2) is 9.08. The summed E-state index contributed by atoms with van der Waals surface area (Å²) in [4.78, 5) is 6.11. The molecular weight excluding hydrogens is 455 g/mol. The number of halogens is 2. The summed E-state index contributed by atoms with van der Waals surface area (Å²) >= 11 is 12.9. The zero-order chi connectivity index (χ0) is 22.9. The van der Waals surface area contributed by atoms with Gasteiger partial charge in [0.1, 0.15) is 0 Å². The number of fused-ring (bicyclic) bond motifs is 3. The lowest BCUT2D eigenvalue weighted by atomic mass is 9.91. The van der Waals surface area contributed by atoms with Crippen molar-refractivity contribution in [1.29, 1.82) is 0 Å². The Labute approximate surface area is 202 Å². The minimum absolute atomic E-state index is 0.0204. The molecule has 0 bridgehead atoms. The third-order valence-corrected chi connectivity index (χ3v) is 7.14. The van der Waals surface area contributed by atoms with Gasteiger partial charge in [-0.25, -0.2) is 5.84 Å². The monoisotopic (exact) mass is 478 g/mol. The number of hydrazone groups is 1. The van der Waals surface area contributed by atoms with Gasteiger partial charge in [0.25, 0.3) is 0 Å². The Morgan fingerprint density at radius 2 is 1.91 bits per heavy atom. The van der Waals surface area contributed by atoms with Crippen LogP contribution in [0.25, 0.3) is 10.9 Å². The van der Waals surface area contributed by atoms with E-state index in [0.29, 0.717) is 22.4 Å².